The molecule has 0 saturated heterocycles. The molecular formula is C17H18F3NO3S. The second-order valence-electron chi connectivity index (χ2n) is 6.37. The van der Waals surface area contributed by atoms with E-state index < -0.39 is 15.6 Å². The molecular weight excluding hydrogens is 355 g/mol. The highest BCUT2D eigenvalue weighted by Gasteiger charge is 2.37. The van der Waals surface area contributed by atoms with E-state index in [0.717, 1.165) is 11.0 Å². The molecule has 0 radical (unpaired) electrons. The minimum Gasteiger partial charge on any atom is -0.741 e. The summed E-state index contributed by atoms with van der Waals surface area (Å²) in [6, 6.07) is 15.4. The fourth-order valence-electron chi connectivity index (χ4n) is 2.97. The molecule has 2 aromatic carbocycles. The molecule has 0 unspecified atom stereocenters. The van der Waals surface area contributed by atoms with Crippen LogP contribution in [0.1, 0.15) is 11.1 Å². The molecule has 0 aromatic heterocycles. The van der Waals surface area contributed by atoms with Gasteiger partial charge in [-0.05, 0) is 30.2 Å². The lowest BCUT2D eigenvalue weighted by atomic mass is 9.89. The molecule has 136 valence electrons. The molecule has 3 rings (SSSR count). The van der Waals surface area contributed by atoms with Crippen LogP contribution in [0, 0.1) is 6.92 Å². The van der Waals surface area contributed by atoms with Gasteiger partial charge in [0, 0.05) is 11.1 Å². The summed E-state index contributed by atoms with van der Waals surface area (Å²) in [4.78, 5) is 0. The van der Waals surface area contributed by atoms with Crippen molar-refractivity contribution in [3.05, 3.63) is 53.6 Å². The SMILES string of the molecule is Cc1cccc2c1-c1ccccc1[N+](C)(C)C2.O=S(=O)([O-])C(F)(F)F. The Balaban J connectivity index is 0.000000242. The summed E-state index contributed by atoms with van der Waals surface area (Å²) < 4.78 is 59.8. The smallest absolute Gasteiger partial charge is 0.485 e. The first-order valence-electron chi connectivity index (χ1n) is 7.38. The lowest BCUT2D eigenvalue weighted by Gasteiger charge is -2.36. The van der Waals surface area contributed by atoms with Crippen molar-refractivity contribution in [3.63, 3.8) is 0 Å². The highest BCUT2D eigenvalue weighted by molar-refractivity contribution is 7.86. The molecule has 0 bridgehead atoms. The number of para-hydroxylation sites is 1. The van der Waals surface area contributed by atoms with Gasteiger partial charge in [-0.1, -0.05) is 30.3 Å². The van der Waals surface area contributed by atoms with Gasteiger partial charge in [0.15, 0.2) is 10.1 Å². The molecule has 0 fully saturated rings. The Kier molecular flexibility index (Phi) is 5.00. The average Bonchev–Trinajstić information content (AvgIpc) is 2.45. The van der Waals surface area contributed by atoms with E-state index >= 15 is 0 Å². The maximum atomic E-state index is 10.7. The monoisotopic (exact) mass is 373 g/mol. The van der Waals surface area contributed by atoms with E-state index in [2.05, 4.69) is 63.5 Å². The maximum absolute atomic E-state index is 10.7. The number of rotatable bonds is 0. The minimum absolute atomic E-state index is 0.937. The molecule has 0 saturated carbocycles. The lowest BCUT2D eigenvalue weighted by Crippen LogP contribution is -2.42. The van der Waals surface area contributed by atoms with Crippen LogP contribution in [0.3, 0.4) is 0 Å². The van der Waals surface area contributed by atoms with Gasteiger partial charge in [0.25, 0.3) is 0 Å². The normalized spacial score (nSPS) is 15.5. The second kappa shape index (κ2) is 6.44. The van der Waals surface area contributed by atoms with Crippen molar-refractivity contribution in [1.29, 1.82) is 0 Å². The van der Waals surface area contributed by atoms with E-state index in [4.69, 9.17) is 13.0 Å². The number of nitrogens with zero attached hydrogens (tertiary/aromatic N) is 1. The van der Waals surface area contributed by atoms with Crippen LogP contribution in [0.5, 0.6) is 0 Å². The molecule has 0 aliphatic carbocycles. The predicted octanol–water partition coefficient (Wildman–Crippen LogP) is 3.79. The van der Waals surface area contributed by atoms with Crippen LogP contribution in [-0.4, -0.2) is 32.6 Å². The van der Waals surface area contributed by atoms with E-state index in [-0.39, 0.29) is 0 Å². The van der Waals surface area contributed by atoms with Gasteiger partial charge < -0.3 is 4.55 Å². The summed E-state index contributed by atoms with van der Waals surface area (Å²) in [7, 11) is -1.53. The van der Waals surface area contributed by atoms with Gasteiger partial charge in [-0.2, -0.15) is 13.2 Å². The van der Waals surface area contributed by atoms with Crippen LogP contribution >= 0.6 is 0 Å². The van der Waals surface area contributed by atoms with Gasteiger partial charge in [-0.25, -0.2) is 8.42 Å². The summed E-state index contributed by atoms with van der Waals surface area (Å²) >= 11 is 0. The molecule has 1 aliphatic rings. The third kappa shape index (κ3) is 4.02. The van der Waals surface area contributed by atoms with E-state index in [1.54, 1.807) is 0 Å². The molecule has 0 atom stereocenters. The molecule has 4 nitrogen and oxygen atoms in total. The average molecular weight is 373 g/mol. The van der Waals surface area contributed by atoms with Crippen molar-refractivity contribution >= 4 is 15.8 Å². The van der Waals surface area contributed by atoms with Gasteiger partial charge >= 0.3 is 5.51 Å². The van der Waals surface area contributed by atoms with E-state index in [9.17, 15) is 13.2 Å². The number of fused-ring (bicyclic) bond motifs is 3. The summed E-state index contributed by atoms with van der Waals surface area (Å²) in [5.74, 6) is 0. The third-order valence-corrected chi connectivity index (χ3v) is 4.60. The Morgan fingerprint density at radius 3 is 2.16 bits per heavy atom. The molecule has 0 spiro atoms. The largest absolute Gasteiger partial charge is 0.741 e. The van der Waals surface area contributed by atoms with Gasteiger partial charge in [-0.15, -0.1) is 0 Å². The zero-order valence-corrected chi connectivity index (χ0v) is 14.8. The van der Waals surface area contributed by atoms with Gasteiger partial charge in [0.2, 0.25) is 0 Å². The van der Waals surface area contributed by atoms with Crippen LogP contribution in [-0.2, 0) is 16.7 Å². The Labute approximate surface area is 144 Å². The number of quaternary nitrogens is 1. The predicted molar refractivity (Wildman–Crippen MR) is 89.7 cm³/mol. The van der Waals surface area contributed by atoms with Crippen molar-refractivity contribution < 1.29 is 26.1 Å². The van der Waals surface area contributed by atoms with Crippen molar-refractivity contribution in [2.24, 2.45) is 0 Å². The highest BCUT2D eigenvalue weighted by atomic mass is 32.2. The fourth-order valence-corrected chi connectivity index (χ4v) is 2.97. The fraction of sp³-hybridized carbons (Fsp3) is 0.294. The molecule has 0 amide bonds. The van der Waals surface area contributed by atoms with Gasteiger partial charge in [0.1, 0.15) is 12.2 Å². The third-order valence-electron chi connectivity index (χ3n) is 4.03. The highest BCUT2D eigenvalue weighted by Crippen LogP contribution is 2.42. The zero-order chi connectivity index (χ0) is 19.0. The first kappa shape index (κ1) is 19.4. The quantitative estimate of drug-likeness (QED) is 0.401. The topological polar surface area (TPSA) is 57.2 Å². The minimum atomic E-state index is -6.09. The Hall–Kier alpha value is -1.90. The summed E-state index contributed by atoms with van der Waals surface area (Å²) in [6.45, 7) is 3.29. The number of aryl methyl sites for hydroxylation is 1. The van der Waals surface area contributed by atoms with E-state index in [1.807, 2.05) is 0 Å². The zero-order valence-electron chi connectivity index (χ0n) is 14.0. The number of halogens is 3. The summed E-state index contributed by atoms with van der Waals surface area (Å²) in [5.41, 5.74) is 1.47. The summed E-state index contributed by atoms with van der Waals surface area (Å²) in [6.07, 6.45) is 0. The van der Waals surface area contributed by atoms with Crippen LogP contribution < -0.4 is 4.48 Å². The van der Waals surface area contributed by atoms with Crippen LogP contribution in [0.2, 0.25) is 0 Å². The van der Waals surface area contributed by atoms with Crippen LogP contribution in [0.4, 0.5) is 18.9 Å². The number of benzene rings is 2. The van der Waals surface area contributed by atoms with E-state index in [0.29, 0.717) is 0 Å². The number of hydrogen-bond acceptors (Lipinski definition) is 3. The van der Waals surface area contributed by atoms with Gasteiger partial charge in [-0.3, -0.25) is 4.48 Å². The van der Waals surface area contributed by atoms with Gasteiger partial charge in [0.05, 0.1) is 14.1 Å². The van der Waals surface area contributed by atoms with Crippen molar-refractivity contribution in [2.75, 3.05) is 14.1 Å². The Morgan fingerprint density at radius 2 is 1.60 bits per heavy atom. The summed E-state index contributed by atoms with van der Waals surface area (Å²) in [5, 5.41) is 0. The van der Waals surface area contributed by atoms with Crippen LogP contribution in [0.15, 0.2) is 42.5 Å². The lowest BCUT2D eigenvalue weighted by molar-refractivity contribution is -0.0517. The second-order valence-corrected chi connectivity index (χ2v) is 7.74. The molecule has 25 heavy (non-hydrogen) atoms. The Bertz CT molecular complexity index is 890. The number of alkyl halides is 3. The molecule has 0 N–H and O–H groups in total. The van der Waals surface area contributed by atoms with E-state index in [1.165, 1.54) is 27.9 Å². The van der Waals surface area contributed by atoms with Crippen LogP contribution in [0.25, 0.3) is 11.1 Å². The first-order valence-corrected chi connectivity index (χ1v) is 8.79. The standard InChI is InChI=1S/C16H18N.CHF3O3S/c1-12-7-6-8-13-11-17(2,3)15-10-5-4-9-14(15)16(12)13;2-1(3,4)8(5,6)7/h4-10H,11H2,1-3H3;(H,5,6,7)/q+1;/p-1. The molecule has 1 aliphatic heterocycles. The number of hydrogen-bond donors (Lipinski definition) is 0. The Morgan fingerprint density at radius 1 is 1.04 bits per heavy atom. The maximum Gasteiger partial charge on any atom is 0.485 e. The van der Waals surface area contributed by atoms with Crippen molar-refractivity contribution in [2.45, 2.75) is 19.0 Å². The molecule has 1 heterocycles. The first-order chi connectivity index (χ1) is 11.3. The molecule has 8 heteroatoms. The van der Waals surface area contributed by atoms with Crippen molar-refractivity contribution in [3.8, 4) is 11.1 Å². The van der Waals surface area contributed by atoms with Crippen molar-refractivity contribution in [1.82, 2.24) is 4.48 Å². The molecule has 2 aromatic rings.